The Bertz CT molecular complexity index is 1120. The van der Waals surface area contributed by atoms with Crippen LogP contribution in [0.15, 0.2) is 46.4 Å². The van der Waals surface area contributed by atoms with E-state index >= 15 is 0 Å². The molecule has 1 radical (unpaired) electrons. The first-order valence-electron chi connectivity index (χ1n) is 13.9. The van der Waals surface area contributed by atoms with Gasteiger partial charge in [-0.2, -0.15) is 0 Å². The molecule has 2 aromatic carbocycles. The molecule has 0 N–H and O–H groups in total. The van der Waals surface area contributed by atoms with E-state index in [2.05, 4.69) is 65.8 Å². The summed E-state index contributed by atoms with van der Waals surface area (Å²) in [6, 6.07) is 12.8. The molecule has 7 heteroatoms. The topological polar surface area (TPSA) is 37.6 Å². The summed E-state index contributed by atoms with van der Waals surface area (Å²) in [6.07, 6.45) is 12.1. The predicted molar refractivity (Wildman–Crippen MR) is 162 cm³/mol. The van der Waals surface area contributed by atoms with Crippen LogP contribution in [0.25, 0.3) is 0 Å². The fraction of sp³-hybridized carbons (Fsp3) is 0.424. The van der Waals surface area contributed by atoms with Crippen molar-refractivity contribution in [3.8, 4) is 0 Å². The number of hydrogen-bond donors (Lipinski definition) is 0. The van der Waals surface area contributed by atoms with Crippen LogP contribution < -0.4 is 24.8 Å². The van der Waals surface area contributed by atoms with Crippen molar-refractivity contribution in [1.82, 2.24) is 4.98 Å². The average Bonchev–Trinajstić information content (AvgIpc) is 2.83. The van der Waals surface area contributed by atoms with Crippen LogP contribution in [-0.2, 0) is 42.5 Å². The summed E-state index contributed by atoms with van der Waals surface area (Å²) in [6.45, 7) is 13.2. The predicted octanol–water partition coefficient (Wildman–Crippen LogP) is 3.67. The summed E-state index contributed by atoms with van der Waals surface area (Å²) >= 11 is 6.52. The van der Waals surface area contributed by atoms with Crippen molar-refractivity contribution in [2.75, 3.05) is 0 Å². The van der Waals surface area contributed by atoms with Gasteiger partial charge in [0.15, 0.2) is 0 Å². The fourth-order valence-corrected chi connectivity index (χ4v) is 5.19. The van der Waals surface area contributed by atoms with Gasteiger partial charge in [-0.25, -0.2) is 4.98 Å². The number of nitrogens with zero attached hydrogens (tertiary/aromatic N) is 3. The minimum Gasteiger partial charge on any atom is -1.00 e. The molecule has 0 unspecified atom stereocenters. The van der Waals surface area contributed by atoms with E-state index in [-0.39, 0.29) is 41.6 Å². The molecule has 219 valence electrons. The Morgan fingerprint density at radius 3 is 1.18 bits per heavy atom. The molecule has 1 heterocycles. The first-order valence-corrected chi connectivity index (χ1v) is 14.3. The number of aliphatic imine (C=N–C) groups is 2. The summed E-state index contributed by atoms with van der Waals surface area (Å²) < 4.78 is 0. The van der Waals surface area contributed by atoms with Gasteiger partial charge in [0.1, 0.15) is 0 Å². The summed E-state index contributed by atoms with van der Waals surface area (Å²) in [5, 5.41) is 0.635. The van der Waals surface area contributed by atoms with Crippen LogP contribution >= 0.6 is 11.6 Å². The van der Waals surface area contributed by atoms with Crippen LogP contribution in [0.1, 0.15) is 98.1 Å². The van der Waals surface area contributed by atoms with Gasteiger partial charge in [-0.3, -0.25) is 9.98 Å². The third-order valence-electron chi connectivity index (χ3n) is 6.38. The molecule has 0 spiro atoms. The molecule has 0 atom stereocenters. The van der Waals surface area contributed by atoms with Crippen LogP contribution in [0.5, 0.6) is 0 Å². The smallest absolute Gasteiger partial charge is 1.00 e. The maximum Gasteiger partial charge on any atom is 2.00 e. The van der Waals surface area contributed by atoms with Crippen LogP contribution in [0.3, 0.4) is 0 Å². The number of hydrogen-bond acceptors (Lipinski definition) is 3. The van der Waals surface area contributed by atoms with Gasteiger partial charge < -0.3 is 24.8 Å². The minimum atomic E-state index is 0. The van der Waals surface area contributed by atoms with E-state index in [9.17, 15) is 0 Å². The molecule has 0 saturated carbocycles. The molecule has 0 fully saturated rings. The standard InChI is InChI=1S/C33H42ClN3.2ClH.Co/c1-7-11-25-15-23(5)16-26(12-8-2)32(25)35-21-30-19-29(34)20-31(37-30)22-36-33-27(13-9-3)17-24(6)18-28(33)14-10-4;;;/h15-22H,7-14H2,1-6H3;2*1H;/q;;;+2/p-2. The third kappa shape index (κ3) is 10.9. The fourth-order valence-electron chi connectivity index (χ4n) is 4.97. The van der Waals surface area contributed by atoms with Crippen LogP contribution in [0.4, 0.5) is 11.4 Å². The molecule has 0 aliphatic heterocycles. The number of benzene rings is 2. The van der Waals surface area contributed by atoms with Crippen molar-refractivity contribution < 1.29 is 41.6 Å². The van der Waals surface area contributed by atoms with E-state index in [0.717, 1.165) is 74.1 Å². The SMILES string of the molecule is CCCc1cc(C)cc(CCC)c1N=Cc1cc(Cl)cc(C=Nc2c(CCC)cc(C)cc2CCC)n1.[Cl-].[Cl-].[Co+2]. The summed E-state index contributed by atoms with van der Waals surface area (Å²) in [7, 11) is 0. The van der Waals surface area contributed by atoms with Crippen molar-refractivity contribution in [2.45, 2.75) is 92.9 Å². The summed E-state index contributed by atoms with van der Waals surface area (Å²) in [5.74, 6) is 0. The van der Waals surface area contributed by atoms with Gasteiger partial charge in [-0.05, 0) is 73.9 Å². The maximum atomic E-state index is 6.52. The van der Waals surface area contributed by atoms with Gasteiger partial charge in [0.2, 0.25) is 0 Å². The molecule has 0 amide bonds. The van der Waals surface area contributed by atoms with Gasteiger partial charge in [-0.1, -0.05) is 100 Å². The Hall–Kier alpha value is -1.69. The molecule has 3 nitrogen and oxygen atoms in total. The van der Waals surface area contributed by atoms with Gasteiger partial charge in [-0.15, -0.1) is 0 Å². The Morgan fingerprint density at radius 1 is 0.600 bits per heavy atom. The molecule has 0 aliphatic carbocycles. The van der Waals surface area contributed by atoms with Crippen molar-refractivity contribution in [3.05, 3.63) is 86.2 Å². The Morgan fingerprint density at radius 2 is 0.900 bits per heavy atom. The van der Waals surface area contributed by atoms with E-state index in [4.69, 9.17) is 26.6 Å². The average molecular weight is 646 g/mol. The monoisotopic (exact) mass is 644 g/mol. The van der Waals surface area contributed by atoms with Crippen LogP contribution in [0, 0.1) is 13.8 Å². The molecule has 3 rings (SSSR count). The van der Waals surface area contributed by atoms with Gasteiger partial charge in [0.05, 0.1) is 35.2 Å². The second kappa shape index (κ2) is 19.4. The maximum absolute atomic E-state index is 6.52. The van der Waals surface area contributed by atoms with Crippen molar-refractivity contribution in [3.63, 3.8) is 0 Å². The van der Waals surface area contributed by atoms with E-state index in [0.29, 0.717) is 5.02 Å². The van der Waals surface area contributed by atoms with Crippen molar-refractivity contribution in [1.29, 1.82) is 0 Å². The third-order valence-corrected chi connectivity index (χ3v) is 6.60. The second-order valence-corrected chi connectivity index (χ2v) is 10.5. The number of pyridine rings is 1. The summed E-state index contributed by atoms with van der Waals surface area (Å²) in [5.41, 5.74) is 11.5. The Balaban J connectivity index is 0.00000507. The zero-order chi connectivity index (χ0) is 26.8. The molecule has 40 heavy (non-hydrogen) atoms. The molecule has 1 aromatic heterocycles. The zero-order valence-electron chi connectivity index (χ0n) is 24.6. The normalized spacial score (nSPS) is 10.9. The van der Waals surface area contributed by atoms with Crippen LogP contribution in [0.2, 0.25) is 5.02 Å². The van der Waals surface area contributed by atoms with E-state index in [1.807, 2.05) is 24.6 Å². The molecular formula is C33H42Cl3CoN3. The number of aromatic nitrogens is 1. The van der Waals surface area contributed by atoms with Crippen molar-refractivity contribution in [2.24, 2.45) is 9.98 Å². The van der Waals surface area contributed by atoms with E-state index in [1.165, 1.54) is 33.4 Å². The minimum absolute atomic E-state index is 0. The number of rotatable bonds is 12. The molecule has 0 saturated heterocycles. The number of halogens is 3. The first kappa shape index (κ1) is 38.3. The summed E-state index contributed by atoms with van der Waals surface area (Å²) in [4.78, 5) is 14.7. The van der Waals surface area contributed by atoms with E-state index in [1.54, 1.807) is 0 Å². The molecular weight excluding hydrogens is 604 g/mol. The van der Waals surface area contributed by atoms with Gasteiger partial charge in [0, 0.05) is 5.02 Å². The first-order chi connectivity index (χ1) is 17.9. The Kier molecular flexibility index (Phi) is 18.6. The number of aryl methyl sites for hydroxylation is 6. The molecule has 3 aromatic rings. The van der Waals surface area contributed by atoms with Gasteiger partial charge in [0.25, 0.3) is 0 Å². The zero-order valence-corrected chi connectivity index (χ0v) is 27.9. The second-order valence-electron chi connectivity index (χ2n) is 10.0. The quantitative estimate of drug-likeness (QED) is 0.277. The van der Waals surface area contributed by atoms with Gasteiger partial charge >= 0.3 is 16.8 Å². The molecule has 0 aliphatic rings. The van der Waals surface area contributed by atoms with Crippen LogP contribution in [-0.4, -0.2) is 17.4 Å². The van der Waals surface area contributed by atoms with Crippen molar-refractivity contribution >= 4 is 35.4 Å². The Labute approximate surface area is 269 Å². The molecule has 0 bridgehead atoms. The largest absolute Gasteiger partial charge is 2.00 e. The van der Waals surface area contributed by atoms with E-state index < -0.39 is 0 Å².